The third-order valence-corrected chi connectivity index (χ3v) is 2.43. The molecule has 1 rings (SSSR count). The van der Waals surface area contributed by atoms with Crippen LogP contribution in [0.4, 0.5) is 24.7 Å². The molecule has 9 heteroatoms. The topological polar surface area (TPSA) is 68.1 Å². The summed E-state index contributed by atoms with van der Waals surface area (Å²) >= 11 is 5.60. The summed E-state index contributed by atoms with van der Waals surface area (Å²) in [6.45, 7) is 0.157. The van der Waals surface area contributed by atoms with E-state index in [0.29, 0.717) is 0 Å². The lowest BCUT2D eigenvalue weighted by Crippen LogP contribution is -2.10. The second-order valence-corrected chi connectivity index (χ2v) is 4.15. The highest BCUT2D eigenvalue weighted by molar-refractivity contribution is 6.29. The first-order valence-corrected chi connectivity index (χ1v) is 5.79. The van der Waals surface area contributed by atoms with E-state index in [1.807, 2.05) is 0 Å². The lowest BCUT2D eigenvalue weighted by molar-refractivity contribution is -0.384. The number of nitrogens with zero attached hydrogens (tertiary/aromatic N) is 2. The van der Waals surface area contributed by atoms with Crippen molar-refractivity contribution in [3.8, 4) is 0 Å². The van der Waals surface area contributed by atoms with Crippen molar-refractivity contribution in [2.45, 2.75) is 25.4 Å². The van der Waals surface area contributed by atoms with Gasteiger partial charge >= 0.3 is 11.9 Å². The summed E-state index contributed by atoms with van der Waals surface area (Å²) in [7, 11) is 0. The van der Waals surface area contributed by atoms with E-state index in [2.05, 4.69) is 10.3 Å². The molecule has 0 unspecified atom stereocenters. The smallest absolute Gasteiger partial charge is 0.364 e. The number of pyridine rings is 1. The maximum absolute atomic E-state index is 11.9. The molecule has 0 saturated heterocycles. The van der Waals surface area contributed by atoms with Crippen LogP contribution in [0.25, 0.3) is 0 Å². The number of aromatic nitrogens is 1. The van der Waals surface area contributed by atoms with Gasteiger partial charge in [0.25, 0.3) is 0 Å². The van der Waals surface area contributed by atoms with Crippen LogP contribution in [-0.2, 0) is 0 Å². The summed E-state index contributed by atoms with van der Waals surface area (Å²) in [4.78, 5) is 13.8. The minimum Gasteiger partial charge on any atom is -0.364 e. The number of anilines is 1. The Morgan fingerprint density at radius 2 is 2.05 bits per heavy atom. The van der Waals surface area contributed by atoms with Crippen molar-refractivity contribution >= 4 is 23.1 Å². The molecule has 0 fully saturated rings. The molecule has 0 aliphatic carbocycles. The first-order chi connectivity index (χ1) is 8.79. The number of alkyl halides is 3. The van der Waals surface area contributed by atoms with E-state index in [9.17, 15) is 23.3 Å². The number of nitrogens with one attached hydrogen (secondary N) is 1. The Kier molecular flexibility index (Phi) is 5.34. The van der Waals surface area contributed by atoms with Gasteiger partial charge in [-0.2, -0.15) is 13.2 Å². The van der Waals surface area contributed by atoms with Gasteiger partial charge in [-0.15, -0.1) is 0 Å². The van der Waals surface area contributed by atoms with Gasteiger partial charge < -0.3 is 5.32 Å². The number of unbranched alkanes of at least 4 members (excludes halogenated alkanes) is 1. The van der Waals surface area contributed by atoms with Gasteiger partial charge in [-0.3, -0.25) is 10.1 Å². The Morgan fingerprint density at radius 3 is 2.63 bits per heavy atom. The van der Waals surface area contributed by atoms with Crippen LogP contribution in [0.2, 0.25) is 5.15 Å². The van der Waals surface area contributed by atoms with E-state index in [1.165, 1.54) is 12.1 Å². The zero-order chi connectivity index (χ0) is 14.5. The van der Waals surface area contributed by atoms with Crippen LogP contribution in [0.5, 0.6) is 0 Å². The molecule has 0 amide bonds. The van der Waals surface area contributed by atoms with E-state index in [4.69, 9.17) is 11.6 Å². The number of rotatable bonds is 6. The molecule has 0 radical (unpaired) electrons. The Bertz CT molecular complexity index is 454. The Labute approximate surface area is 111 Å². The Balaban J connectivity index is 2.49. The van der Waals surface area contributed by atoms with E-state index < -0.39 is 17.5 Å². The molecule has 0 saturated carbocycles. The molecule has 0 aliphatic rings. The molecule has 19 heavy (non-hydrogen) atoms. The van der Waals surface area contributed by atoms with E-state index in [0.717, 1.165) is 0 Å². The molecule has 0 bridgehead atoms. The highest BCUT2D eigenvalue weighted by Crippen LogP contribution is 2.25. The molecule has 0 aromatic carbocycles. The lowest BCUT2D eigenvalue weighted by atomic mass is 10.2. The van der Waals surface area contributed by atoms with E-state index in [-0.39, 0.29) is 36.0 Å². The fourth-order valence-corrected chi connectivity index (χ4v) is 1.51. The molecule has 1 heterocycles. The van der Waals surface area contributed by atoms with Gasteiger partial charge in [0.2, 0.25) is 5.82 Å². The fourth-order valence-electron chi connectivity index (χ4n) is 1.36. The SMILES string of the molecule is O=[N+]([O-])c1ccc(Cl)nc1NCCCCC(F)(F)F. The summed E-state index contributed by atoms with van der Waals surface area (Å²) in [5.74, 6) is -0.0375. The second kappa shape index (κ2) is 6.55. The predicted octanol–water partition coefficient (Wildman–Crippen LogP) is 3.79. The molecule has 1 aromatic rings. The predicted molar refractivity (Wildman–Crippen MR) is 64.3 cm³/mol. The monoisotopic (exact) mass is 297 g/mol. The van der Waals surface area contributed by atoms with Gasteiger partial charge in [-0.25, -0.2) is 4.98 Å². The fraction of sp³-hybridized carbons (Fsp3) is 0.500. The van der Waals surface area contributed by atoms with Crippen molar-refractivity contribution in [1.82, 2.24) is 4.98 Å². The highest BCUT2D eigenvalue weighted by Gasteiger charge is 2.25. The average molecular weight is 298 g/mol. The minimum atomic E-state index is -4.18. The van der Waals surface area contributed by atoms with Crippen LogP contribution < -0.4 is 5.32 Å². The van der Waals surface area contributed by atoms with Crippen LogP contribution in [-0.4, -0.2) is 22.6 Å². The third-order valence-electron chi connectivity index (χ3n) is 2.22. The summed E-state index contributed by atoms with van der Waals surface area (Å²) in [5, 5.41) is 13.4. The van der Waals surface area contributed by atoms with Crippen LogP contribution in [0.15, 0.2) is 12.1 Å². The van der Waals surface area contributed by atoms with Crippen molar-refractivity contribution < 1.29 is 18.1 Å². The highest BCUT2D eigenvalue weighted by atomic mass is 35.5. The quantitative estimate of drug-likeness (QED) is 0.375. The van der Waals surface area contributed by atoms with Gasteiger partial charge in [0, 0.05) is 19.0 Å². The van der Waals surface area contributed by atoms with Crippen molar-refractivity contribution in [2.24, 2.45) is 0 Å². The zero-order valence-electron chi connectivity index (χ0n) is 9.71. The van der Waals surface area contributed by atoms with Crippen molar-refractivity contribution in [2.75, 3.05) is 11.9 Å². The Morgan fingerprint density at radius 1 is 1.37 bits per heavy atom. The van der Waals surface area contributed by atoms with Crippen LogP contribution in [0.1, 0.15) is 19.3 Å². The van der Waals surface area contributed by atoms with Crippen molar-refractivity contribution in [3.63, 3.8) is 0 Å². The Hall–Kier alpha value is -1.57. The summed E-state index contributed by atoms with van der Waals surface area (Å²) < 4.78 is 35.7. The zero-order valence-corrected chi connectivity index (χ0v) is 10.5. The summed E-state index contributed by atoms with van der Waals surface area (Å²) in [5.41, 5.74) is -0.264. The van der Waals surface area contributed by atoms with Crippen LogP contribution in [0.3, 0.4) is 0 Å². The molecule has 0 aliphatic heterocycles. The van der Waals surface area contributed by atoms with Crippen LogP contribution in [0, 0.1) is 10.1 Å². The molecule has 5 nitrogen and oxygen atoms in total. The largest absolute Gasteiger partial charge is 0.389 e. The number of halogens is 4. The number of nitro groups is 1. The summed E-state index contributed by atoms with van der Waals surface area (Å²) in [6, 6.07) is 2.46. The maximum Gasteiger partial charge on any atom is 0.389 e. The van der Waals surface area contributed by atoms with Crippen molar-refractivity contribution in [1.29, 1.82) is 0 Å². The van der Waals surface area contributed by atoms with Crippen molar-refractivity contribution in [3.05, 3.63) is 27.4 Å². The molecule has 1 N–H and O–H groups in total. The first-order valence-electron chi connectivity index (χ1n) is 5.41. The average Bonchev–Trinajstić information content (AvgIpc) is 2.26. The standard InChI is InChI=1S/C10H11ClF3N3O2/c11-8-4-3-7(17(18)19)9(16-8)15-6-2-1-5-10(12,13)14/h3-4H,1-2,5-6H2,(H,15,16). The molecule has 0 spiro atoms. The van der Waals surface area contributed by atoms with Gasteiger partial charge in [-0.05, 0) is 18.9 Å². The molecule has 0 atom stereocenters. The molecule has 1 aromatic heterocycles. The lowest BCUT2D eigenvalue weighted by Gasteiger charge is -2.08. The second-order valence-electron chi connectivity index (χ2n) is 3.76. The molecular formula is C10H11ClF3N3O2. The van der Waals surface area contributed by atoms with Gasteiger partial charge in [-0.1, -0.05) is 11.6 Å². The van der Waals surface area contributed by atoms with E-state index >= 15 is 0 Å². The summed E-state index contributed by atoms with van der Waals surface area (Å²) in [6.07, 6.45) is -4.88. The third kappa shape index (κ3) is 5.73. The molecular weight excluding hydrogens is 287 g/mol. The maximum atomic E-state index is 11.9. The molecule has 106 valence electrons. The van der Waals surface area contributed by atoms with Gasteiger partial charge in [0.15, 0.2) is 0 Å². The normalized spacial score (nSPS) is 11.4. The van der Waals surface area contributed by atoms with Crippen LogP contribution >= 0.6 is 11.6 Å². The van der Waals surface area contributed by atoms with E-state index in [1.54, 1.807) is 0 Å². The minimum absolute atomic E-state index is 0.0375. The van der Waals surface area contributed by atoms with Gasteiger partial charge in [0.05, 0.1) is 4.92 Å². The number of hydrogen-bond acceptors (Lipinski definition) is 4. The van der Waals surface area contributed by atoms with Gasteiger partial charge in [0.1, 0.15) is 5.15 Å². The number of hydrogen-bond donors (Lipinski definition) is 1. The first kappa shape index (κ1) is 15.5.